The third-order valence-corrected chi connectivity index (χ3v) is 20.6. The molecule has 2 aliphatic heterocycles. The Morgan fingerprint density at radius 3 is 1.03 bits per heavy atom. The summed E-state index contributed by atoms with van der Waals surface area (Å²) in [5.41, 5.74) is 31.7. The van der Waals surface area contributed by atoms with E-state index in [2.05, 4.69) is 368 Å². The van der Waals surface area contributed by atoms with E-state index in [0.29, 0.717) is 0 Å². The predicted molar refractivity (Wildman–Crippen MR) is 414 cm³/mol. The van der Waals surface area contributed by atoms with Crippen molar-refractivity contribution in [3.05, 3.63) is 333 Å². The number of nitrogens with zero attached hydrogens (tertiary/aromatic N) is 4. The first-order chi connectivity index (χ1) is 47.8. The van der Waals surface area contributed by atoms with Crippen molar-refractivity contribution in [2.24, 2.45) is 0 Å². The van der Waals surface area contributed by atoms with Gasteiger partial charge in [0.15, 0.2) is 0 Å². The number of unbranched alkanes of at least 4 members (excludes halogenated alkanes) is 1. The molecule has 462 valence electrons. The van der Waals surface area contributed by atoms with E-state index >= 15 is 0 Å². The van der Waals surface area contributed by atoms with Crippen molar-refractivity contribution in [1.29, 1.82) is 0 Å². The Morgan fingerprint density at radius 2 is 0.649 bits per heavy atom. The lowest BCUT2D eigenvalue weighted by Gasteiger charge is -2.46. The van der Waals surface area contributed by atoms with E-state index in [-0.39, 0.29) is 12.1 Å². The highest BCUT2D eigenvalue weighted by Crippen LogP contribution is 2.55. The molecule has 0 amide bonds. The topological polar surface area (TPSA) is 16.3 Å². The van der Waals surface area contributed by atoms with Crippen LogP contribution >= 0.6 is 0 Å². The van der Waals surface area contributed by atoms with Crippen LogP contribution in [0.4, 0.5) is 34.1 Å². The molecule has 4 heterocycles. The van der Waals surface area contributed by atoms with E-state index < -0.39 is 0 Å². The molecule has 0 aliphatic carbocycles. The number of benzene rings is 14. The molecule has 14 aromatic carbocycles. The highest BCUT2D eigenvalue weighted by Gasteiger charge is 2.46. The van der Waals surface area contributed by atoms with Crippen molar-refractivity contribution in [3.63, 3.8) is 0 Å². The van der Waals surface area contributed by atoms with Gasteiger partial charge in [-0.1, -0.05) is 271 Å². The summed E-state index contributed by atoms with van der Waals surface area (Å²) in [6, 6.07) is 121. The normalized spacial score (nSPS) is 12.6. The highest BCUT2D eigenvalue weighted by atomic mass is 15.2. The summed E-state index contributed by atoms with van der Waals surface area (Å²) in [6.45, 7) is 9.33. The molecule has 18 rings (SSSR count). The van der Waals surface area contributed by atoms with Crippen LogP contribution in [0.15, 0.2) is 322 Å². The Hall–Kier alpha value is -11.7. The van der Waals surface area contributed by atoms with Gasteiger partial charge in [0.05, 0.1) is 33.4 Å². The lowest BCUT2D eigenvalue weighted by molar-refractivity contribution is 0.590. The van der Waals surface area contributed by atoms with Gasteiger partial charge in [-0.2, -0.15) is 0 Å². The number of aromatic nitrogens is 2. The van der Waals surface area contributed by atoms with Crippen LogP contribution in [0.5, 0.6) is 0 Å². The number of fused-ring (bicyclic) bond motifs is 10. The van der Waals surface area contributed by atoms with Gasteiger partial charge in [-0.15, -0.1) is 0 Å². The predicted octanol–water partition coefficient (Wildman–Crippen LogP) is 22.9. The minimum Gasteiger partial charge on any atom is -0.310 e. The summed E-state index contributed by atoms with van der Waals surface area (Å²) in [4.78, 5) is 5.48. The quantitative estimate of drug-likeness (QED) is 0.113. The zero-order chi connectivity index (χ0) is 64.9. The molecule has 2 aromatic heterocycles. The standard InChI is InChI=1S/C92H71BN4/c1-5-6-30-66-53-67(61-31-12-7-13-32-61)54-76(63-35-16-9-17-36-63)90(66)96-85-59-70(94-81-45-26-22-41-72(81)73-42-23-27-46-82(73)94)49-51-79(85)93-80-52-50-71(95-83-47-28-24-43-74(83)75-44-25-29-48-84(75)95)60-86(80)97(88-58-69(92(2,3)4)57-87(96)89(88)93)91-77(64-37-18-10-19-38-64)55-68(62-33-14-8-15-34-62)56-78(91)65-39-20-11-21-40-65/h7-29,31-60H,5-6,30H2,1-4H3. The lowest BCUT2D eigenvalue weighted by atomic mass is 9.33. The summed E-state index contributed by atoms with van der Waals surface area (Å²) in [6.07, 6.45) is 2.98. The van der Waals surface area contributed by atoms with E-state index in [4.69, 9.17) is 0 Å². The van der Waals surface area contributed by atoms with Gasteiger partial charge in [-0.05, 0) is 170 Å². The maximum atomic E-state index is 2.75. The molecule has 97 heavy (non-hydrogen) atoms. The first-order valence-electron chi connectivity index (χ1n) is 34.4. The summed E-state index contributed by atoms with van der Waals surface area (Å²) in [5.74, 6) is 0. The Morgan fingerprint density at radius 1 is 0.309 bits per heavy atom. The minimum absolute atomic E-state index is 0.206. The molecular weight excluding hydrogens is 1170 g/mol. The van der Waals surface area contributed by atoms with Crippen LogP contribution in [-0.2, 0) is 11.8 Å². The minimum atomic E-state index is -0.305. The van der Waals surface area contributed by atoms with E-state index in [1.54, 1.807) is 0 Å². The van der Waals surface area contributed by atoms with Crippen LogP contribution in [0.1, 0.15) is 51.7 Å². The van der Waals surface area contributed by atoms with Crippen LogP contribution in [0, 0.1) is 0 Å². The third kappa shape index (κ3) is 9.58. The Balaban J connectivity index is 1.02. The third-order valence-electron chi connectivity index (χ3n) is 20.6. The molecule has 0 radical (unpaired) electrons. The SMILES string of the molecule is CCCCc1cc(-c2ccccc2)cc(-c2ccccc2)c1N1c2cc(-n3c4ccccc4c4ccccc43)ccc2B2c3ccc(-n4c5ccccc5c5ccccc54)cc3N(c3c(-c4ccccc4)cc(-c4ccccc4)cc3-c3ccccc3)c3cc(C(C)(C)C)cc1c32. The Bertz CT molecular complexity index is 5560. The van der Waals surface area contributed by atoms with Crippen molar-refractivity contribution in [2.45, 2.75) is 52.4 Å². The first kappa shape index (κ1) is 58.0. The maximum Gasteiger partial charge on any atom is 0.252 e. The van der Waals surface area contributed by atoms with Crippen LogP contribution in [0.25, 0.3) is 111 Å². The van der Waals surface area contributed by atoms with Gasteiger partial charge in [-0.3, -0.25) is 0 Å². The van der Waals surface area contributed by atoms with E-state index in [1.165, 1.54) is 122 Å². The molecule has 0 N–H and O–H groups in total. The molecule has 0 unspecified atom stereocenters. The molecular formula is C92H71BN4. The van der Waals surface area contributed by atoms with Crippen LogP contribution in [0.2, 0.25) is 0 Å². The zero-order valence-corrected chi connectivity index (χ0v) is 55.1. The van der Waals surface area contributed by atoms with Crippen molar-refractivity contribution >= 4 is 101 Å². The molecule has 5 heteroatoms. The number of hydrogen-bond acceptors (Lipinski definition) is 2. The van der Waals surface area contributed by atoms with Crippen LogP contribution in [-0.4, -0.2) is 15.8 Å². The van der Waals surface area contributed by atoms with Gasteiger partial charge in [0.2, 0.25) is 0 Å². The van der Waals surface area contributed by atoms with Crippen LogP contribution < -0.4 is 26.2 Å². The smallest absolute Gasteiger partial charge is 0.252 e. The van der Waals surface area contributed by atoms with Gasteiger partial charge in [-0.25, -0.2) is 0 Å². The van der Waals surface area contributed by atoms with Gasteiger partial charge in [0, 0.05) is 72.4 Å². The van der Waals surface area contributed by atoms with Crippen molar-refractivity contribution in [2.75, 3.05) is 9.80 Å². The molecule has 4 nitrogen and oxygen atoms in total. The van der Waals surface area contributed by atoms with Gasteiger partial charge in [0.1, 0.15) is 0 Å². The second-order valence-electron chi connectivity index (χ2n) is 27.4. The first-order valence-corrected chi connectivity index (χ1v) is 34.4. The Labute approximate surface area is 568 Å². The van der Waals surface area contributed by atoms with Crippen LogP contribution in [0.3, 0.4) is 0 Å². The average molecular weight is 1240 g/mol. The number of hydrogen-bond donors (Lipinski definition) is 0. The molecule has 0 saturated heterocycles. The van der Waals surface area contributed by atoms with Crippen molar-refractivity contribution < 1.29 is 0 Å². The largest absolute Gasteiger partial charge is 0.310 e. The second kappa shape index (κ2) is 23.4. The zero-order valence-electron chi connectivity index (χ0n) is 55.1. The fraction of sp³-hybridized carbons (Fsp3) is 0.0870. The average Bonchev–Trinajstić information content (AvgIpc) is 1.03. The van der Waals surface area contributed by atoms with E-state index in [9.17, 15) is 0 Å². The summed E-state index contributed by atoms with van der Waals surface area (Å²) < 4.78 is 5.01. The number of anilines is 6. The number of aryl methyl sites for hydroxylation is 1. The molecule has 16 aromatic rings. The fourth-order valence-corrected chi connectivity index (χ4v) is 16.1. The van der Waals surface area contributed by atoms with Gasteiger partial charge in [0.25, 0.3) is 6.71 Å². The summed E-state index contributed by atoms with van der Waals surface area (Å²) in [7, 11) is 0. The molecule has 0 saturated carbocycles. The molecule has 0 fully saturated rings. The van der Waals surface area contributed by atoms with Gasteiger partial charge < -0.3 is 18.9 Å². The molecule has 0 bridgehead atoms. The molecule has 0 atom stereocenters. The number of para-hydroxylation sites is 4. The monoisotopic (exact) mass is 1240 g/mol. The highest BCUT2D eigenvalue weighted by molar-refractivity contribution is 7.00. The molecule has 0 spiro atoms. The van der Waals surface area contributed by atoms with Crippen molar-refractivity contribution in [3.8, 4) is 67.0 Å². The van der Waals surface area contributed by atoms with E-state index in [1.807, 2.05) is 0 Å². The summed E-state index contributed by atoms with van der Waals surface area (Å²) in [5, 5.41) is 4.95. The molecule has 2 aliphatic rings. The second-order valence-corrected chi connectivity index (χ2v) is 27.4. The van der Waals surface area contributed by atoms with Gasteiger partial charge >= 0.3 is 0 Å². The maximum absolute atomic E-state index is 2.75. The summed E-state index contributed by atoms with van der Waals surface area (Å²) >= 11 is 0. The van der Waals surface area contributed by atoms with Crippen molar-refractivity contribution in [1.82, 2.24) is 9.13 Å². The fourth-order valence-electron chi connectivity index (χ4n) is 16.1. The lowest BCUT2D eigenvalue weighted by Crippen LogP contribution is -2.61. The Kier molecular flexibility index (Phi) is 14.0. The van der Waals surface area contributed by atoms with E-state index in [0.717, 1.165) is 69.8 Å². The number of rotatable bonds is 12.